The Morgan fingerprint density at radius 2 is 2.07 bits per heavy atom. The number of hydrogen-bond donors (Lipinski definition) is 1. The van der Waals surface area contributed by atoms with Crippen molar-refractivity contribution in [2.45, 2.75) is 13.8 Å². The van der Waals surface area contributed by atoms with Crippen LogP contribution < -0.4 is 10.1 Å². The Morgan fingerprint density at radius 1 is 1.22 bits per heavy atom. The molecule has 7 heteroatoms. The molecule has 0 unspecified atom stereocenters. The molecule has 0 aliphatic heterocycles. The fraction of sp³-hybridized carbons (Fsp3) is 0.150. The topological polar surface area (TPSA) is 81.7 Å². The number of fused-ring (bicyclic) bond motifs is 1. The number of nitrogens with zero attached hydrogens (tertiary/aromatic N) is 3. The molecule has 136 valence electrons. The maximum Gasteiger partial charge on any atom is 0.259 e. The predicted octanol–water partition coefficient (Wildman–Crippen LogP) is 3.87. The summed E-state index contributed by atoms with van der Waals surface area (Å²) in [4.78, 5) is 21.5. The molecule has 4 rings (SSSR count). The molecule has 0 saturated carbocycles. The lowest BCUT2D eigenvalue weighted by Gasteiger charge is -2.11. The van der Waals surface area contributed by atoms with Crippen LogP contribution >= 0.6 is 0 Å². The normalized spacial score (nSPS) is 10.9. The average Bonchev–Trinajstić information content (AvgIpc) is 3.31. The number of amides is 1. The molecule has 7 nitrogen and oxygen atoms in total. The first-order valence-electron chi connectivity index (χ1n) is 8.40. The van der Waals surface area contributed by atoms with Gasteiger partial charge in [-0.05, 0) is 38.1 Å². The van der Waals surface area contributed by atoms with Gasteiger partial charge in [-0.25, -0.2) is 9.97 Å². The molecule has 4 aromatic rings. The molecule has 3 heterocycles. The molecule has 1 aromatic carbocycles. The number of ether oxygens (including phenoxy) is 1. The standard InChI is InChI=1S/C20H18N4O3/c1-12-8-13(2)24-7-6-15(19(24)22-12)20(25)23-16-5-4-14(9-18(16)26-3)17-10-27-11-21-17/h4-11H,1-3H3,(H,23,25). The zero-order valence-corrected chi connectivity index (χ0v) is 15.2. The smallest absolute Gasteiger partial charge is 0.259 e. The number of rotatable bonds is 4. The highest BCUT2D eigenvalue weighted by atomic mass is 16.5. The lowest BCUT2D eigenvalue weighted by molar-refractivity contribution is 0.102. The largest absolute Gasteiger partial charge is 0.495 e. The van der Waals surface area contributed by atoms with E-state index in [-0.39, 0.29) is 5.91 Å². The van der Waals surface area contributed by atoms with Crippen molar-refractivity contribution < 1.29 is 13.9 Å². The Labute approximate surface area is 155 Å². The molecular formula is C20H18N4O3. The maximum atomic E-state index is 12.8. The second kappa shape index (κ2) is 6.60. The molecular weight excluding hydrogens is 344 g/mol. The molecule has 0 atom stereocenters. The van der Waals surface area contributed by atoms with Crippen molar-refractivity contribution in [1.82, 2.24) is 14.4 Å². The van der Waals surface area contributed by atoms with Crippen LogP contribution in [0.1, 0.15) is 21.7 Å². The molecule has 0 bridgehead atoms. The van der Waals surface area contributed by atoms with Gasteiger partial charge in [0.15, 0.2) is 6.39 Å². The third kappa shape index (κ3) is 3.03. The minimum absolute atomic E-state index is 0.248. The molecule has 0 fully saturated rings. The van der Waals surface area contributed by atoms with Gasteiger partial charge in [0.05, 0.1) is 18.4 Å². The Balaban J connectivity index is 1.67. The van der Waals surface area contributed by atoms with E-state index in [0.29, 0.717) is 28.3 Å². The molecule has 27 heavy (non-hydrogen) atoms. The van der Waals surface area contributed by atoms with Gasteiger partial charge in [0.1, 0.15) is 23.4 Å². The number of carbonyl (C=O) groups is 1. The summed E-state index contributed by atoms with van der Waals surface area (Å²) in [5.74, 6) is 0.287. The number of anilines is 1. The number of methoxy groups -OCH3 is 1. The number of aryl methyl sites for hydroxylation is 2. The summed E-state index contributed by atoms with van der Waals surface area (Å²) >= 11 is 0. The minimum Gasteiger partial charge on any atom is -0.495 e. The van der Waals surface area contributed by atoms with Gasteiger partial charge in [-0.3, -0.25) is 4.79 Å². The van der Waals surface area contributed by atoms with Crippen LogP contribution in [0.15, 0.2) is 53.6 Å². The van der Waals surface area contributed by atoms with Crippen LogP contribution in [0.25, 0.3) is 16.9 Å². The molecule has 0 radical (unpaired) electrons. The molecule has 1 amide bonds. The van der Waals surface area contributed by atoms with Gasteiger partial charge < -0.3 is 18.9 Å². The number of nitrogens with one attached hydrogen (secondary N) is 1. The second-order valence-corrected chi connectivity index (χ2v) is 6.20. The molecule has 3 aromatic heterocycles. The molecule has 0 spiro atoms. The van der Waals surface area contributed by atoms with E-state index in [1.807, 2.05) is 36.6 Å². The van der Waals surface area contributed by atoms with E-state index >= 15 is 0 Å². The van der Waals surface area contributed by atoms with Crippen molar-refractivity contribution in [3.63, 3.8) is 0 Å². The fourth-order valence-corrected chi connectivity index (χ4v) is 3.07. The van der Waals surface area contributed by atoms with Gasteiger partial charge in [-0.2, -0.15) is 0 Å². The number of hydrogen-bond acceptors (Lipinski definition) is 5. The van der Waals surface area contributed by atoms with Crippen molar-refractivity contribution in [3.05, 3.63) is 66.1 Å². The van der Waals surface area contributed by atoms with E-state index < -0.39 is 0 Å². The Bertz CT molecular complexity index is 1130. The van der Waals surface area contributed by atoms with Crippen LogP contribution in [0.4, 0.5) is 5.69 Å². The van der Waals surface area contributed by atoms with E-state index in [2.05, 4.69) is 15.3 Å². The van der Waals surface area contributed by atoms with Crippen molar-refractivity contribution >= 4 is 17.2 Å². The number of oxazole rings is 1. The van der Waals surface area contributed by atoms with Crippen LogP contribution in [0.3, 0.4) is 0 Å². The van der Waals surface area contributed by atoms with Crippen molar-refractivity contribution in [1.29, 1.82) is 0 Å². The van der Waals surface area contributed by atoms with Crippen LogP contribution in [0.5, 0.6) is 5.75 Å². The minimum atomic E-state index is -0.248. The second-order valence-electron chi connectivity index (χ2n) is 6.20. The SMILES string of the molecule is COc1cc(-c2cocn2)ccc1NC(=O)c1ccn2c(C)cc(C)nc12. The lowest BCUT2D eigenvalue weighted by atomic mass is 10.1. The summed E-state index contributed by atoms with van der Waals surface area (Å²) in [6, 6.07) is 9.17. The summed E-state index contributed by atoms with van der Waals surface area (Å²) in [6.07, 6.45) is 4.76. The summed E-state index contributed by atoms with van der Waals surface area (Å²) in [7, 11) is 1.56. The fourth-order valence-electron chi connectivity index (χ4n) is 3.07. The maximum absolute atomic E-state index is 12.8. The van der Waals surface area contributed by atoms with Gasteiger partial charge >= 0.3 is 0 Å². The van der Waals surface area contributed by atoms with Crippen molar-refractivity contribution in [2.75, 3.05) is 12.4 Å². The molecule has 0 aliphatic rings. The third-order valence-electron chi connectivity index (χ3n) is 4.36. The summed E-state index contributed by atoms with van der Waals surface area (Å²) in [5, 5.41) is 2.91. The van der Waals surface area contributed by atoms with Gasteiger partial charge in [-0.15, -0.1) is 0 Å². The van der Waals surface area contributed by atoms with Crippen LogP contribution in [0, 0.1) is 13.8 Å². The van der Waals surface area contributed by atoms with Gasteiger partial charge in [0.2, 0.25) is 0 Å². The summed E-state index contributed by atoms with van der Waals surface area (Å²) < 4.78 is 12.3. The van der Waals surface area contributed by atoms with Gasteiger partial charge in [0.25, 0.3) is 5.91 Å². The molecule has 1 N–H and O–H groups in total. The Hall–Kier alpha value is -3.61. The predicted molar refractivity (Wildman–Crippen MR) is 101 cm³/mol. The highest BCUT2D eigenvalue weighted by Crippen LogP contribution is 2.30. The van der Waals surface area contributed by atoms with E-state index in [4.69, 9.17) is 9.15 Å². The molecule has 0 aliphatic carbocycles. The first-order valence-corrected chi connectivity index (χ1v) is 8.40. The summed E-state index contributed by atoms with van der Waals surface area (Å²) in [5.41, 5.74) is 5.11. The number of benzene rings is 1. The highest BCUT2D eigenvalue weighted by molar-refractivity contribution is 6.09. The van der Waals surface area contributed by atoms with Gasteiger partial charge in [0, 0.05) is 23.1 Å². The summed E-state index contributed by atoms with van der Waals surface area (Å²) in [6.45, 7) is 3.89. The quantitative estimate of drug-likeness (QED) is 0.596. The van der Waals surface area contributed by atoms with E-state index in [9.17, 15) is 4.79 Å². The van der Waals surface area contributed by atoms with Crippen LogP contribution in [-0.4, -0.2) is 27.4 Å². The van der Waals surface area contributed by atoms with Crippen LogP contribution in [0.2, 0.25) is 0 Å². The zero-order chi connectivity index (χ0) is 19.0. The monoisotopic (exact) mass is 362 g/mol. The Morgan fingerprint density at radius 3 is 2.81 bits per heavy atom. The third-order valence-corrected chi connectivity index (χ3v) is 4.36. The van der Waals surface area contributed by atoms with Crippen molar-refractivity contribution in [3.8, 4) is 17.0 Å². The first-order chi connectivity index (χ1) is 13.1. The lowest BCUT2D eigenvalue weighted by Crippen LogP contribution is -2.13. The van der Waals surface area contributed by atoms with Crippen LogP contribution in [-0.2, 0) is 0 Å². The molecule has 0 saturated heterocycles. The highest BCUT2D eigenvalue weighted by Gasteiger charge is 2.16. The van der Waals surface area contributed by atoms with E-state index in [1.165, 1.54) is 6.39 Å². The number of aromatic nitrogens is 3. The first kappa shape index (κ1) is 16.8. The van der Waals surface area contributed by atoms with E-state index in [0.717, 1.165) is 17.0 Å². The zero-order valence-electron chi connectivity index (χ0n) is 15.2. The van der Waals surface area contributed by atoms with Gasteiger partial charge in [-0.1, -0.05) is 6.07 Å². The van der Waals surface area contributed by atoms with Crippen molar-refractivity contribution in [2.24, 2.45) is 0 Å². The van der Waals surface area contributed by atoms with E-state index in [1.54, 1.807) is 31.6 Å². The number of carbonyl (C=O) groups excluding carboxylic acids is 1. The Kier molecular flexibility index (Phi) is 4.12. The average molecular weight is 362 g/mol.